The summed E-state index contributed by atoms with van der Waals surface area (Å²) in [4.78, 5) is 17.5. The predicted octanol–water partition coefficient (Wildman–Crippen LogP) is 3.78. The van der Waals surface area contributed by atoms with Gasteiger partial charge in [-0.2, -0.15) is 4.31 Å². The topological polar surface area (TPSA) is 113 Å². The SMILES string of the molecule is COc1cc(C)c(S(=O)(=O)N(C)Cc2cc(C(=O)NCc3ccc(C4=NCC(C)(C)N4)cc3)co2)c(C)c1. The van der Waals surface area contributed by atoms with Gasteiger partial charge in [-0.15, -0.1) is 0 Å². The number of rotatable bonds is 9. The van der Waals surface area contributed by atoms with Crippen molar-refractivity contribution in [1.82, 2.24) is 14.9 Å². The van der Waals surface area contributed by atoms with Gasteiger partial charge in [0.05, 0.1) is 36.2 Å². The number of sulfonamides is 1. The van der Waals surface area contributed by atoms with E-state index in [1.807, 2.05) is 24.3 Å². The van der Waals surface area contributed by atoms with Crippen LogP contribution in [0, 0.1) is 13.8 Å². The van der Waals surface area contributed by atoms with Gasteiger partial charge >= 0.3 is 0 Å². The van der Waals surface area contributed by atoms with Gasteiger partial charge in [-0.3, -0.25) is 9.79 Å². The Kier molecular flexibility index (Phi) is 7.66. The van der Waals surface area contributed by atoms with Crippen LogP contribution in [0.2, 0.25) is 0 Å². The fraction of sp³-hybridized carbons (Fsp3) is 0.357. The number of hydrogen-bond acceptors (Lipinski definition) is 7. The van der Waals surface area contributed by atoms with Gasteiger partial charge in [-0.1, -0.05) is 24.3 Å². The zero-order valence-electron chi connectivity index (χ0n) is 22.6. The Morgan fingerprint density at radius 1 is 1.16 bits per heavy atom. The molecule has 1 aliphatic rings. The molecule has 1 amide bonds. The molecule has 0 unspecified atom stereocenters. The molecule has 1 aliphatic heterocycles. The Balaban J connectivity index is 1.36. The Hall–Kier alpha value is -3.63. The average molecular weight is 539 g/mol. The van der Waals surface area contributed by atoms with E-state index in [0.717, 1.165) is 23.5 Å². The van der Waals surface area contributed by atoms with Gasteiger partial charge in [0, 0.05) is 19.2 Å². The van der Waals surface area contributed by atoms with Gasteiger partial charge in [0.15, 0.2) is 0 Å². The van der Waals surface area contributed by atoms with Crippen molar-refractivity contribution in [3.05, 3.63) is 82.3 Å². The van der Waals surface area contributed by atoms with Crippen molar-refractivity contribution in [1.29, 1.82) is 0 Å². The molecule has 2 aromatic carbocycles. The Morgan fingerprint density at radius 3 is 2.39 bits per heavy atom. The highest BCUT2D eigenvalue weighted by molar-refractivity contribution is 7.89. The molecule has 2 N–H and O–H groups in total. The number of aryl methyl sites for hydroxylation is 2. The van der Waals surface area contributed by atoms with Gasteiger partial charge in [0.1, 0.15) is 23.6 Å². The molecule has 202 valence electrons. The maximum absolute atomic E-state index is 13.3. The molecule has 0 aliphatic carbocycles. The smallest absolute Gasteiger partial charge is 0.254 e. The molecule has 0 bridgehead atoms. The molecule has 3 aromatic rings. The first-order chi connectivity index (χ1) is 17.9. The molecule has 9 nitrogen and oxygen atoms in total. The summed E-state index contributed by atoms with van der Waals surface area (Å²) in [7, 11) is -0.767. The maximum atomic E-state index is 13.3. The zero-order chi connectivity index (χ0) is 27.7. The molecular formula is C28H34N4O5S. The largest absolute Gasteiger partial charge is 0.497 e. The fourth-order valence-electron chi connectivity index (χ4n) is 4.38. The van der Waals surface area contributed by atoms with Gasteiger partial charge in [0.2, 0.25) is 10.0 Å². The summed E-state index contributed by atoms with van der Waals surface area (Å²) in [5.41, 5.74) is 3.42. The van der Waals surface area contributed by atoms with Gasteiger partial charge < -0.3 is 19.8 Å². The molecule has 0 saturated carbocycles. The lowest BCUT2D eigenvalue weighted by atomic mass is 10.1. The number of aliphatic imine (C=N–C) groups is 1. The number of ether oxygens (including phenoxy) is 1. The minimum absolute atomic E-state index is 0.0172. The van der Waals surface area contributed by atoms with Gasteiger partial charge in [-0.05, 0) is 62.6 Å². The first-order valence-corrected chi connectivity index (χ1v) is 13.7. The minimum atomic E-state index is -3.79. The van der Waals surface area contributed by atoms with Crippen LogP contribution < -0.4 is 15.4 Å². The van der Waals surface area contributed by atoms with Crippen molar-refractivity contribution in [3.63, 3.8) is 0 Å². The quantitative estimate of drug-likeness (QED) is 0.429. The summed E-state index contributed by atoms with van der Waals surface area (Å²) in [5, 5.41) is 6.28. The third-order valence-electron chi connectivity index (χ3n) is 6.40. The fourth-order valence-corrected chi connectivity index (χ4v) is 5.92. The third kappa shape index (κ3) is 5.92. The lowest BCUT2D eigenvalue weighted by molar-refractivity contribution is 0.0950. The first kappa shape index (κ1) is 27.4. The minimum Gasteiger partial charge on any atom is -0.497 e. The van der Waals surface area contributed by atoms with E-state index in [2.05, 4.69) is 29.5 Å². The van der Waals surface area contributed by atoms with Crippen LogP contribution in [0.15, 0.2) is 63.0 Å². The number of benzene rings is 2. The summed E-state index contributed by atoms with van der Waals surface area (Å²) < 4.78 is 38.5. The number of amidine groups is 1. The van der Waals surface area contributed by atoms with E-state index in [1.54, 1.807) is 39.2 Å². The van der Waals surface area contributed by atoms with E-state index in [4.69, 9.17) is 9.15 Å². The van der Waals surface area contributed by atoms with E-state index in [1.165, 1.54) is 17.6 Å². The number of hydrogen-bond donors (Lipinski definition) is 2. The molecule has 2 heterocycles. The number of carbonyl (C=O) groups excluding carboxylic acids is 1. The van der Waals surface area contributed by atoms with Crippen molar-refractivity contribution in [2.45, 2.75) is 51.2 Å². The number of nitrogens with zero attached hydrogens (tertiary/aromatic N) is 2. The molecule has 4 rings (SSSR count). The Bertz CT molecular complexity index is 1450. The lowest BCUT2D eigenvalue weighted by Gasteiger charge is -2.19. The number of amides is 1. The van der Waals surface area contributed by atoms with E-state index >= 15 is 0 Å². The van der Waals surface area contributed by atoms with Crippen LogP contribution in [-0.4, -0.2) is 50.7 Å². The van der Waals surface area contributed by atoms with E-state index in [9.17, 15) is 13.2 Å². The highest BCUT2D eigenvalue weighted by Gasteiger charge is 2.27. The lowest BCUT2D eigenvalue weighted by Crippen LogP contribution is -2.39. The molecule has 0 radical (unpaired) electrons. The zero-order valence-corrected chi connectivity index (χ0v) is 23.4. The molecule has 38 heavy (non-hydrogen) atoms. The number of furan rings is 1. The van der Waals surface area contributed by atoms with Crippen molar-refractivity contribution in [2.75, 3.05) is 20.7 Å². The molecule has 0 saturated heterocycles. The van der Waals surface area contributed by atoms with Crippen molar-refractivity contribution in [2.24, 2.45) is 4.99 Å². The first-order valence-electron chi connectivity index (χ1n) is 12.3. The second kappa shape index (κ2) is 10.6. The average Bonchev–Trinajstić information content (AvgIpc) is 3.48. The monoisotopic (exact) mass is 538 g/mol. The highest BCUT2D eigenvalue weighted by Crippen LogP contribution is 2.28. The summed E-state index contributed by atoms with van der Waals surface area (Å²) in [5.74, 6) is 1.53. The van der Waals surface area contributed by atoms with Crippen LogP contribution in [0.4, 0.5) is 0 Å². The van der Waals surface area contributed by atoms with Crippen LogP contribution in [0.3, 0.4) is 0 Å². The summed E-state index contributed by atoms with van der Waals surface area (Å²) in [6.45, 7) is 8.74. The maximum Gasteiger partial charge on any atom is 0.254 e. The second-order valence-corrected chi connectivity index (χ2v) is 12.2. The third-order valence-corrected chi connectivity index (χ3v) is 8.51. The van der Waals surface area contributed by atoms with Crippen LogP contribution in [0.1, 0.15) is 52.2 Å². The van der Waals surface area contributed by atoms with Crippen LogP contribution in [-0.2, 0) is 23.1 Å². The Morgan fingerprint density at radius 2 is 1.82 bits per heavy atom. The summed E-state index contributed by atoms with van der Waals surface area (Å²) in [6.07, 6.45) is 1.34. The molecule has 0 spiro atoms. The van der Waals surface area contributed by atoms with Crippen molar-refractivity contribution in [3.8, 4) is 5.75 Å². The van der Waals surface area contributed by atoms with Gasteiger partial charge in [-0.25, -0.2) is 8.42 Å². The predicted molar refractivity (Wildman–Crippen MR) is 146 cm³/mol. The highest BCUT2D eigenvalue weighted by atomic mass is 32.2. The summed E-state index contributed by atoms with van der Waals surface area (Å²) >= 11 is 0. The van der Waals surface area contributed by atoms with Crippen molar-refractivity contribution >= 4 is 21.8 Å². The van der Waals surface area contributed by atoms with Crippen LogP contribution in [0.5, 0.6) is 5.75 Å². The van der Waals surface area contributed by atoms with Crippen LogP contribution >= 0.6 is 0 Å². The summed E-state index contributed by atoms with van der Waals surface area (Å²) in [6, 6.07) is 12.8. The molecular weight excluding hydrogens is 504 g/mol. The standard InChI is InChI=1S/C28H34N4O5S/c1-18-11-23(36-6)12-19(2)25(18)38(34,35)32(5)15-24-13-22(16-37-24)27(33)29-14-20-7-9-21(10-8-20)26-30-17-28(3,4)31-26/h7-13,16H,14-15,17H2,1-6H3,(H,29,33)(H,30,31). The second-order valence-electron chi connectivity index (χ2n) is 10.2. The number of methoxy groups -OCH3 is 1. The number of carbonyl (C=O) groups is 1. The molecule has 0 atom stereocenters. The van der Waals surface area contributed by atoms with Gasteiger partial charge in [0.25, 0.3) is 5.91 Å². The Labute approximate surface area is 224 Å². The number of nitrogens with one attached hydrogen (secondary N) is 2. The van der Waals surface area contributed by atoms with E-state index in [0.29, 0.717) is 34.7 Å². The van der Waals surface area contributed by atoms with Crippen molar-refractivity contribution < 1.29 is 22.4 Å². The van der Waals surface area contributed by atoms with Crippen LogP contribution in [0.25, 0.3) is 0 Å². The van der Waals surface area contributed by atoms with E-state index in [-0.39, 0.29) is 22.9 Å². The molecule has 1 aromatic heterocycles. The molecule has 10 heteroatoms. The molecule has 0 fully saturated rings. The van der Waals surface area contributed by atoms with E-state index < -0.39 is 10.0 Å². The normalized spacial score (nSPS) is 14.8.